The predicted molar refractivity (Wildman–Crippen MR) is 90.8 cm³/mol. The van der Waals surface area contributed by atoms with Crippen LogP contribution in [0.1, 0.15) is 42.6 Å². The predicted octanol–water partition coefficient (Wildman–Crippen LogP) is 2.53. The van der Waals surface area contributed by atoms with Crippen LogP contribution in [0.2, 0.25) is 0 Å². The summed E-state index contributed by atoms with van der Waals surface area (Å²) >= 11 is 1.20. The highest BCUT2D eigenvalue weighted by molar-refractivity contribution is 7.17. The Hall–Kier alpha value is -2.35. The maximum Gasteiger partial charge on any atom is 0.305 e. The Bertz CT molecular complexity index is 745. The molecule has 0 aliphatic rings. The van der Waals surface area contributed by atoms with Gasteiger partial charge in [0.25, 0.3) is 5.91 Å². The van der Waals surface area contributed by atoms with Gasteiger partial charge >= 0.3 is 5.97 Å². The van der Waals surface area contributed by atoms with Crippen LogP contribution in [0.25, 0.3) is 10.8 Å². The molecule has 2 aromatic heterocycles. The fourth-order valence-electron chi connectivity index (χ4n) is 2.14. The standard InChI is InChI=1S/C16H20N4O3S/c1-9(2)16(4,8-11(21)22)20-14(23)12-10(3)19-15(24-12)13-17-6-5-7-18-13/h5-7,9H,8H2,1-4H3,(H,20,23)(H,21,22). The van der Waals surface area contributed by atoms with E-state index in [1.807, 2.05) is 13.8 Å². The van der Waals surface area contributed by atoms with Gasteiger partial charge < -0.3 is 10.4 Å². The molecule has 0 aliphatic carbocycles. The third-order valence-corrected chi connectivity index (χ3v) is 5.10. The summed E-state index contributed by atoms with van der Waals surface area (Å²) in [6.45, 7) is 7.24. The number of aryl methyl sites for hydroxylation is 1. The molecule has 0 spiro atoms. The highest BCUT2D eigenvalue weighted by atomic mass is 32.1. The number of amides is 1. The van der Waals surface area contributed by atoms with Crippen molar-refractivity contribution in [1.82, 2.24) is 20.3 Å². The van der Waals surface area contributed by atoms with Gasteiger partial charge in [-0.05, 0) is 25.8 Å². The molecule has 24 heavy (non-hydrogen) atoms. The number of carbonyl (C=O) groups excluding carboxylic acids is 1. The average molecular weight is 348 g/mol. The minimum Gasteiger partial charge on any atom is -0.481 e. The molecule has 1 unspecified atom stereocenters. The number of carboxylic acids is 1. The van der Waals surface area contributed by atoms with Crippen LogP contribution in [0, 0.1) is 12.8 Å². The number of carbonyl (C=O) groups is 2. The maximum absolute atomic E-state index is 12.6. The minimum absolute atomic E-state index is 0.0392. The monoisotopic (exact) mass is 348 g/mol. The van der Waals surface area contributed by atoms with Crippen LogP contribution in [-0.4, -0.2) is 37.5 Å². The second kappa shape index (κ2) is 7.04. The zero-order chi connectivity index (χ0) is 17.9. The molecule has 0 aromatic carbocycles. The first kappa shape index (κ1) is 18.0. The third kappa shape index (κ3) is 3.94. The molecule has 1 atom stereocenters. The van der Waals surface area contributed by atoms with Crippen LogP contribution in [0.3, 0.4) is 0 Å². The molecule has 2 rings (SSSR count). The molecule has 0 aliphatic heterocycles. The Balaban J connectivity index is 2.27. The van der Waals surface area contributed by atoms with Crippen LogP contribution in [0.4, 0.5) is 0 Å². The zero-order valence-corrected chi connectivity index (χ0v) is 14.8. The number of hydrogen-bond donors (Lipinski definition) is 2. The molecular weight excluding hydrogens is 328 g/mol. The van der Waals surface area contributed by atoms with Crippen LogP contribution in [0.15, 0.2) is 18.5 Å². The SMILES string of the molecule is Cc1nc(-c2ncccn2)sc1C(=O)NC(C)(CC(=O)O)C(C)C. The van der Waals surface area contributed by atoms with E-state index < -0.39 is 11.5 Å². The molecule has 0 radical (unpaired) electrons. The van der Waals surface area contributed by atoms with E-state index in [4.69, 9.17) is 5.11 Å². The molecule has 2 heterocycles. The third-order valence-electron chi connectivity index (χ3n) is 3.95. The molecule has 0 fully saturated rings. The van der Waals surface area contributed by atoms with Gasteiger partial charge in [-0.25, -0.2) is 15.0 Å². The first-order chi connectivity index (χ1) is 11.2. The van der Waals surface area contributed by atoms with E-state index in [9.17, 15) is 9.59 Å². The Morgan fingerprint density at radius 3 is 2.50 bits per heavy atom. The first-order valence-electron chi connectivity index (χ1n) is 7.52. The summed E-state index contributed by atoms with van der Waals surface area (Å²) < 4.78 is 0. The van der Waals surface area contributed by atoms with Crippen molar-refractivity contribution in [3.63, 3.8) is 0 Å². The number of carboxylic acid groups (broad SMARTS) is 1. The van der Waals surface area contributed by atoms with Gasteiger partial charge in [0, 0.05) is 12.4 Å². The van der Waals surface area contributed by atoms with Crippen molar-refractivity contribution in [3.05, 3.63) is 29.0 Å². The van der Waals surface area contributed by atoms with E-state index in [1.165, 1.54) is 11.3 Å². The summed E-state index contributed by atoms with van der Waals surface area (Å²) in [6, 6.07) is 1.71. The van der Waals surface area contributed by atoms with E-state index in [2.05, 4.69) is 20.3 Å². The van der Waals surface area contributed by atoms with Gasteiger partial charge in [-0.3, -0.25) is 9.59 Å². The van der Waals surface area contributed by atoms with Gasteiger partial charge in [0.05, 0.1) is 17.7 Å². The lowest BCUT2D eigenvalue weighted by Crippen LogP contribution is -2.51. The van der Waals surface area contributed by atoms with Crippen molar-refractivity contribution in [2.75, 3.05) is 0 Å². The normalized spacial score (nSPS) is 13.5. The number of thiazole rings is 1. The number of nitrogens with zero attached hydrogens (tertiary/aromatic N) is 3. The molecule has 7 nitrogen and oxygen atoms in total. The molecular formula is C16H20N4O3S. The van der Waals surface area contributed by atoms with Crippen LogP contribution < -0.4 is 5.32 Å². The summed E-state index contributed by atoms with van der Waals surface area (Å²) in [4.78, 5) is 36.8. The summed E-state index contributed by atoms with van der Waals surface area (Å²) in [5.74, 6) is -0.861. The second-order valence-corrected chi connectivity index (χ2v) is 7.10. The van der Waals surface area contributed by atoms with Gasteiger partial charge in [0.2, 0.25) is 0 Å². The van der Waals surface area contributed by atoms with Crippen molar-refractivity contribution in [2.45, 2.75) is 39.7 Å². The molecule has 0 bridgehead atoms. The second-order valence-electron chi connectivity index (χ2n) is 6.10. The molecule has 2 aromatic rings. The average Bonchev–Trinajstić information content (AvgIpc) is 2.89. The smallest absolute Gasteiger partial charge is 0.305 e. The van der Waals surface area contributed by atoms with Gasteiger partial charge in [-0.15, -0.1) is 11.3 Å². The van der Waals surface area contributed by atoms with E-state index in [1.54, 1.807) is 32.3 Å². The van der Waals surface area contributed by atoms with Gasteiger partial charge in [0.15, 0.2) is 10.8 Å². The van der Waals surface area contributed by atoms with Crippen LogP contribution in [-0.2, 0) is 4.79 Å². The van der Waals surface area contributed by atoms with E-state index >= 15 is 0 Å². The highest BCUT2D eigenvalue weighted by Gasteiger charge is 2.34. The number of aliphatic carboxylic acids is 1. The fraction of sp³-hybridized carbons (Fsp3) is 0.438. The van der Waals surface area contributed by atoms with Crippen LogP contribution >= 0.6 is 11.3 Å². The number of nitrogens with one attached hydrogen (secondary N) is 1. The summed E-state index contributed by atoms with van der Waals surface area (Å²) in [7, 11) is 0. The first-order valence-corrected chi connectivity index (χ1v) is 8.33. The molecule has 0 saturated carbocycles. The molecule has 8 heteroatoms. The van der Waals surface area contributed by atoms with Crippen molar-refractivity contribution >= 4 is 23.2 Å². The lowest BCUT2D eigenvalue weighted by Gasteiger charge is -2.33. The zero-order valence-electron chi connectivity index (χ0n) is 14.0. The van der Waals surface area contributed by atoms with Gasteiger partial charge in [-0.1, -0.05) is 13.8 Å². The summed E-state index contributed by atoms with van der Waals surface area (Å²) in [6.07, 6.45) is 3.08. The topological polar surface area (TPSA) is 105 Å². The van der Waals surface area contributed by atoms with Gasteiger partial charge in [-0.2, -0.15) is 0 Å². The van der Waals surface area contributed by atoms with Crippen molar-refractivity contribution < 1.29 is 14.7 Å². The largest absolute Gasteiger partial charge is 0.481 e. The van der Waals surface area contributed by atoms with E-state index in [0.717, 1.165) is 0 Å². The van der Waals surface area contributed by atoms with Gasteiger partial charge in [0.1, 0.15) is 4.88 Å². The Labute approximate surface area is 144 Å². The lowest BCUT2D eigenvalue weighted by atomic mass is 9.85. The van der Waals surface area contributed by atoms with Crippen LogP contribution in [0.5, 0.6) is 0 Å². The lowest BCUT2D eigenvalue weighted by molar-refractivity contribution is -0.138. The van der Waals surface area contributed by atoms with E-state index in [0.29, 0.717) is 21.4 Å². The maximum atomic E-state index is 12.6. The van der Waals surface area contributed by atoms with Crippen molar-refractivity contribution in [1.29, 1.82) is 0 Å². The Morgan fingerprint density at radius 1 is 1.33 bits per heavy atom. The fourth-order valence-corrected chi connectivity index (χ4v) is 3.04. The molecule has 128 valence electrons. The molecule has 0 saturated heterocycles. The molecule has 1 amide bonds. The Kier molecular flexibility index (Phi) is 5.28. The quantitative estimate of drug-likeness (QED) is 0.831. The number of hydrogen-bond acceptors (Lipinski definition) is 6. The highest BCUT2D eigenvalue weighted by Crippen LogP contribution is 2.27. The Morgan fingerprint density at radius 2 is 1.96 bits per heavy atom. The molecule has 2 N–H and O–H groups in total. The van der Waals surface area contributed by atoms with Crippen molar-refractivity contribution in [3.8, 4) is 10.8 Å². The van der Waals surface area contributed by atoms with E-state index in [-0.39, 0.29) is 18.2 Å². The van der Waals surface area contributed by atoms with Crippen molar-refractivity contribution in [2.24, 2.45) is 5.92 Å². The summed E-state index contributed by atoms with van der Waals surface area (Å²) in [5, 5.41) is 12.5. The summed E-state index contributed by atoms with van der Waals surface area (Å²) in [5.41, 5.74) is -0.274. The number of rotatable bonds is 6. The number of aromatic nitrogens is 3. The minimum atomic E-state index is -0.953.